The van der Waals surface area contributed by atoms with Crippen LogP contribution in [0.15, 0.2) is 48.5 Å². The Hall–Kier alpha value is -3.19. The lowest BCUT2D eigenvalue weighted by Crippen LogP contribution is -2.29. The summed E-state index contributed by atoms with van der Waals surface area (Å²) in [5, 5.41) is 27.2. The summed E-state index contributed by atoms with van der Waals surface area (Å²) in [6, 6.07) is 12.5. The molecule has 2 aromatic carbocycles. The average Bonchev–Trinajstić information content (AvgIpc) is 2.54. The Bertz CT molecular complexity index is 742. The van der Waals surface area contributed by atoms with Gasteiger partial charge in [0.15, 0.2) is 0 Å². The van der Waals surface area contributed by atoms with E-state index in [1.807, 2.05) is 0 Å². The standard InChI is InChI=1S/C18H17NO6/c20-16(21)11-19(9-12-3-1-5-14(7-12)17(22)23)10-13-4-2-6-15(8-13)18(24)25/h1-8H,9-11H2,(H,20,21)(H,22,23)(H,24,25). The molecule has 0 aromatic heterocycles. The maximum Gasteiger partial charge on any atom is 0.335 e. The van der Waals surface area contributed by atoms with E-state index in [2.05, 4.69) is 0 Å². The van der Waals surface area contributed by atoms with E-state index in [0.717, 1.165) is 0 Å². The second kappa shape index (κ2) is 8.07. The summed E-state index contributed by atoms with van der Waals surface area (Å²) in [4.78, 5) is 34.8. The lowest BCUT2D eigenvalue weighted by molar-refractivity contribution is -0.138. The van der Waals surface area contributed by atoms with Gasteiger partial charge in [0.25, 0.3) is 0 Å². The van der Waals surface area contributed by atoms with Crippen molar-refractivity contribution in [1.82, 2.24) is 4.90 Å². The van der Waals surface area contributed by atoms with Crippen LogP contribution in [0, 0.1) is 0 Å². The molecular weight excluding hydrogens is 326 g/mol. The third-order valence-corrected chi connectivity index (χ3v) is 3.52. The van der Waals surface area contributed by atoms with Crippen LogP contribution in [0.25, 0.3) is 0 Å². The summed E-state index contributed by atoms with van der Waals surface area (Å²) in [5.74, 6) is -3.13. The van der Waals surface area contributed by atoms with Crippen LogP contribution in [0.2, 0.25) is 0 Å². The first kappa shape index (κ1) is 18.2. The number of rotatable bonds is 8. The molecule has 0 aliphatic carbocycles. The van der Waals surface area contributed by atoms with Gasteiger partial charge in [0, 0.05) is 13.1 Å². The number of carboxylic acids is 3. The normalized spacial score (nSPS) is 10.6. The van der Waals surface area contributed by atoms with E-state index in [1.165, 1.54) is 24.3 Å². The number of benzene rings is 2. The van der Waals surface area contributed by atoms with Gasteiger partial charge in [0.1, 0.15) is 0 Å². The van der Waals surface area contributed by atoms with Crippen LogP contribution in [0.3, 0.4) is 0 Å². The molecule has 2 rings (SSSR count). The highest BCUT2D eigenvalue weighted by atomic mass is 16.4. The van der Waals surface area contributed by atoms with Crippen LogP contribution < -0.4 is 0 Å². The number of nitrogens with zero attached hydrogens (tertiary/aromatic N) is 1. The summed E-state index contributed by atoms with van der Waals surface area (Å²) in [7, 11) is 0. The fourth-order valence-corrected chi connectivity index (χ4v) is 2.48. The molecule has 0 bridgehead atoms. The quantitative estimate of drug-likeness (QED) is 0.673. The maximum absolute atomic E-state index is 11.1. The van der Waals surface area contributed by atoms with Crippen LogP contribution >= 0.6 is 0 Å². The number of hydrogen-bond donors (Lipinski definition) is 3. The molecule has 0 fully saturated rings. The van der Waals surface area contributed by atoms with Crippen LogP contribution in [-0.4, -0.2) is 44.7 Å². The molecule has 0 amide bonds. The molecule has 0 aliphatic heterocycles. The molecule has 0 unspecified atom stereocenters. The van der Waals surface area contributed by atoms with Crippen molar-refractivity contribution in [2.24, 2.45) is 0 Å². The first-order valence-electron chi connectivity index (χ1n) is 7.44. The number of aromatic carboxylic acids is 2. The lowest BCUT2D eigenvalue weighted by atomic mass is 10.1. The minimum atomic E-state index is -1.05. The maximum atomic E-state index is 11.1. The monoisotopic (exact) mass is 343 g/mol. The van der Waals surface area contributed by atoms with Crippen LogP contribution in [0.1, 0.15) is 31.8 Å². The van der Waals surface area contributed by atoms with E-state index in [9.17, 15) is 14.4 Å². The zero-order valence-corrected chi connectivity index (χ0v) is 13.3. The minimum absolute atomic E-state index is 0.126. The van der Waals surface area contributed by atoms with E-state index >= 15 is 0 Å². The Labute approximate surface area is 143 Å². The van der Waals surface area contributed by atoms with E-state index < -0.39 is 17.9 Å². The van der Waals surface area contributed by atoms with Crippen molar-refractivity contribution in [3.8, 4) is 0 Å². The molecule has 25 heavy (non-hydrogen) atoms. The molecule has 0 radical (unpaired) electrons. The van der Waals surface area contributed by atoms with Crippen molar-refractivity contribution >= 4 is 17.9 Å². The SMILES string of the molecule is O=C(O)CN(Cc1cccc(C(=O)O)c1)Cc1cccc(C(=O)O)c1. The van der Waals surface area contributed by atoms with Gasteiger partial charge < -0.3 is 15.3 Å². The van der Waals surface area contributed by atoms with E-state index in [4.69, 9.17) is 15.3 Å². The van der Waals surface area contributed by atoms with Crippen molar-refractivity contribution in [2.75, 3.05) is 6.54 Å². The van der Waals surface area contributed by atoms with Gasteiger partial charge in [0.05, 0.1) is 17.7 Å². The average molecular weight is 343 g/mol. The van der Waals surface area contributed by atoms with Gasteiger partial charge in [0.2, 0.25) is 0 Å². The molecule has 0 spiro atoms. The molecule has 0 heterocycles. The lowest BCUT2D eigenvalue weighted by Gasteiger charge is -2.21. The van der Waals surface area contributed by atoms with Gasteiger partial charge in [-0.2, -0.15) is 0 Å². The highest BCUT2D eigenvalue weighted by Crippen LogP contribution is 2.13. The topological polar surface area (TPSA) is 115 Å². The largest absolute Gasteiger partial charge is 0.480 e. The fourth-order valence-electron chi connectivity index (χ4n) is 2.48. The van der Waals surface area contributed by atoms with Crippen molar-refractivity contribution in [3.05, 3.63) is 70.8 Å². The molecule has 0 saturated carbocycles. The molecule has 130 valence electrons. The summed E-state index contributed by atoms with van der Waals surface area (Å²) in [6.45, 7) is 0.198. The molecule has 7 nitrogen and oxygen atoms in total. The predicted molar refractivity (Wildman–Crippen MR) is 88.6 cm³/mol. The molecule has 0 saturated heterocycles. The zero-order chi connectivity index (χ0) is 18.4. The van der Waals surface area contributed by atoms with Gasteiger partial charge in [-0.15, -0.1) is 0 Å². The third-order valence-electron chi connectivity index (χ3n) is 3.52. The first-order valence-corrected chi connectivity index (χ1v) is 7.44. The molecule has 2 aromatic rings. The minimum Gasteiger partial charge on any atom is -0.480 e. The Balaban J connectivity index is 2.20. The Morgan fingerprint density at radius 3 is 1.56 bits per heavy atom. The smallest absolute Gasteiger partial charge is 0.335 e. The Morgan fingerprint density at radius 2 is 1.20 bits per heavy atom. The summed E-state index contributed by atoms with van der Waals surface area (Å²) in [5.41, 5.74) is 1.58. The summed E-state index contributed by atoms with van der Waals surface area (Å²) < 4.78 is 0. The van der Waals surface area contributed by atoms with Gasteiger partial charge in [-0.05, 0) is 35.4 Å². The van der Waals surface area contributed by atoms with Crippen molar-refractivity contribution < 1.29 is 29.7 Å². The third kappa shape index (κ3) is 5.43. The zero-order valence-electron chi connectivity index (χ0n) is 13.3. The highest BCUT2D eigenvalue weighted by molar-refractivity contribution is 5.88. The molecule has 3 N–H and O–H groups in total. The van der Waals surface area contributed by atoms with Crippen molar-refractivity contribution in [2.45, 2.75) is 13.1 Å². The molecule has 0 atom stereocenters. The van der Waals surface area contributed by atoms with Crippen molar-refractivity contribution in [1.29, 1.82) is 0 Å². The molecular formula is C18H17NO6. The number of carbonyl (C=O) groups is 3. The van der Waals surface area contributed by atoms with Crippen LogP contribution in [0.4, 0.5) is 0 Å². The second-order valence-corrected chi connectivity index (χ2v) is 5.55. The molecule has 7 heteroatoms. The van der Waals surface area contributed by atoms with E-state index in [-0.39, 0.29) is 30.8 Å². The van der Waals surface area contributed by atoms with Gasteiger partial charge >= 0.3 is 17.9 Å². The van der Waals surface area contributed by atoms with E-state index in [0.29, 0.717) is 11.1 Å². The Morgan fingerprint density at radius 1 is 0.760 bits per heavy atom. The number of aliphatic carboxylic acids is 1. The van der Waals surface area contributed by atoms with Crippen molar-refractivity contribution in [3.63, 3.8) is 0 Å². The van der Waals surface area contributed by atoms with Crippen LogP contribution in [0.5, 0.6) is 0 Å². The van der Waals surface area contributed by atoms with Gasteiger partial charge in [-0.25, -0.2) is 9.59 Å². The highest BCUT2D eigenvalue weighted by Gasteiger charge is 2.13. The fraction of sp³-hybridized carbons (Fsp3) is 0.167. The second-order valence-electron chi connectivity index (χ2n) is 5.55. The van der Waals surface area contributed by atoms with Crippen LogP contribution in [-0.2, 0) is 17.9 Å². The molecule has 0 aliphatic rings. The number of hydrogen-bond acceptors (Lipinski definition) is 4. The van der Waals surface area contributed by atoms with Gasteiger partial charge in [-0.1, -0.05) is 24.3 Å². The van der Waals surface area contributed by atoms with E-state index in [1.54, 1.807) is 29.2 Å². The Kier molecular flexibility index (Phi) is 5.86. The first-order chi connectivity index (χ1) is 11.8. The van der Waals surface area contributed by atoms with Gasteiger partial charge in [-0.3, -0.25) is 9.69 Å². The number of carboxylic acid groups (broad SMARTS) is 3. The summed E-state index contributed by atoms with van der Waals surface area (Å²) >= 11 is 0. The summed E-state index contributed by atoms with van der Waals surface area (Å²) in [6.07, 6.45) is 0. The predicted octanol–water partition coefficient (Wildman–Crippen LogP) is 2.17.